The molecular weight excluding hydrogens is 362 g/mol. The van der Waals surface area contributed by atoms with E-state index in [1.807, 2.05) is 53.7 Å². The molecule has 0 bridgehead atoms. The van der Waals surface area contributed by atoms with E-state index >= 15 is 0 Å². The Labute approximate surface area is 168 Å². The van der Waals surface area contributed by atoms with Crippen molar-refractivity contribution in [1.29, 1.82) is 0 Å². The number of carbonyl (C=O) groups excluding carboxylic acids is 1. The molecule has 1 amide bonds. The van der Waals surface area contributed by atoms with E-state index < -0.39 is 0 Å². The molecule has 1 heterocycles. The molecule has 1 atom stereocenters. The van der Waals surface area contributed by atoms with Gasteiger partial charge in [0, 0.05) is 24.5 Å². The van der Waals surface area contributed by atoms with E-state index in [-0.39, 0.29) is 34.3 Å². The SMILES string of the molecule is CC.CC1=C(C/C=C\C(C)Cl)CN(C(=O)c2cc(C(C)C)c(O)cc2O)C1. The molecule has 1 aromatic carbocycles. The lowest BCUT2D eigenvalue weighted by Crippen LogP contribution is -2.29. The second-order valence-electron chi connectivity index (χ2n) is 6.94. The Morgan fingerprint density at radius 3 is 2.37 bits per heavy atom. The van der Waals surface area contributed by atoms with Crippen molar-refractivity contribution in [3.05, 3.63) is 46.6 Å². The van der Waals surface area contributed by atoms with Crippen LogP contribution in [0.25, 0.3) is 0 Å². The van der Waals surface area contributed by atoms with E-state index in [0.717, 1.165) is 6.42 Å². The summed E-state index contributed by atoms with van der Waals surface area (Å²) >= 11 is 5.91. The summed E-state index contributed by atoms with van der Waals surface area (Å²) in [6.07, 6.45) is 4.73. The normalized spacial score (nSPS) is 15.3. The summed E-state index contributed by atoms with van der Waals surface area (Å²) in [6.45, 7) is 12.9. The van der Waals surface area contributed by atoms with Crippen molar-refractivity contribution in [1.82, 2.24) is 4.90 Å². The minimum atomic E-state index is -0.219. The quantitative estimate of drug-likeness (QED) is 0.506. The fraction of sp³-hybridized carbons (Fsp3) is 0.500. The van der Waals surface area contributed by atoms with E-state index in [1.54, 1.807) is 11.0 Å². The van der Waals surface area contributed by atoms with Gasteiger partial charge in [-0.3, -0.25) is 4.79 Å². The molecule has 1 aliphatic heterocycles. The van der Waals surface area contributed by atoms with E-state index in [1.165, 1.54) is 17.2 Å². The monoisotopic (exact) mass is 393 g/mol. The second kappa shape index (κ2) is 10.4. The fourth-order valence-electron chi connectivity index (χ4n) is 3.00. The van der Waals surface area contributed by atoms with Crippen molar-refractivity contribution in [2.24, 2.45) is 0 Å². The predicted molar refractivity (Wildman–Crippen MR) is 113 cm³/mol. The average Bonchev–Trinajstić information content (AvgIpc) is 2.96. The number of benzene rings is 1. The van der Waals surface area contributed by atoms with E-state index in [0.29, 0.717) is 18.7 Å². The Morgan fingerprint density at radius 1 is 1.19 bits per heavy atom. The Hall–Kier alpha value is -1.94. The average molecular weight is 394 g/mol. The molecule has 1 aromatic rings. The second-order valence-corrected chi connectivity index (χ2v) is 7.63. The summed E-state index contributed by atoms with van der Waals surface area (Å²) in [5, 5.41) is 20.1. The number of hydrogen-bond donors (Lipinski definition) is 2. The van der Waals surface area contributed by atoms with Crippen LogP contribution in [-0.2, 0) is 0 Å². The summed E-state index contributed by atoms with van der Waals surface area (Å²) in [6, 6.07) is 2.85. The van der Waals surface area contributed by atoms with Gasteiger partial charge in [0.15, 0.2) is 0 Å². The van der Waals surface area contributed by atoms with Crippen molar-refractivity contribution in [2.75, 3.05) is 13.1 Å². The first-order chi connectivity index (χ1) is 12.7. The van der Waals surface area contributed by atoms with E-state index in [9.17, 15) is 15.0 Å². The number of carbonyl (C=O) groups is 1. The van der Waals surface area contributed by atoms with Crippen LogP contribution in [0.15, 0.2) is 35.4 Å². The number of aromatic hydroxyl groups is 2. The fourth-order valence-corrected chi connectivity index (χ4v) is 3.10. The van der Waals surface area contributed by atoms with Crippen LogP contribution in [0.4, 0.5) is 0 Å². The van der Waals surface area contributed by atoms with Crippen molar-refractivity contribution in [3.8, 4) is 11.5 Å². The van der Waals surface area contributed by atoms with Crippen LogP contribution >= 0.6 is 11.6 Å². The first kappa shape index (κ1) is 23.1. The largest absolute Gasteiger partial charge is 0.508 e. The number of nitrogens with zero attached hydrogens (tertiary/aromatic N) is 1. The topological polar surface area (TPSA) is 60.8 Å². The van der Waals surface area contributed by atoms with Gasteiger partial charge >= 0.3 is 0 Å². The van der Waals surface area contributed by atoms with Crippen LogP contribution in [0.2, 0.25) is 0 Å². The number of allylic oxidation sites excluding steroid dienone is 2. The van der Waals surface area contributed by atoms with Gasteiger partial charge in [-0.15, -0.1) is 11.6 Å². The Balaban J connectivity index is 0.00000176. The molecule has 1 unspecified atom stereocenters. The molecule has 2 N–H and O–H groups in total. The third-order valence-electron chi connectivity index (χ3n) is 4.46. The number of hydrogen-bond acceptors (Lipinski definition) is 3. The van der Waals surface area contributed by atoms with Crippen molar-refractivity contribution in [2.45, 2.75) is 59.3 Å². The molecule has 0 spiro atoms. The zero-order valence-corrected chi connectivity index (χ0v) is 18.0. The van der Waals surface area contributed by atoms with Gasteiger partial charge in [0.05, 0.1) is 5.56 Å². The molecule has 5 heteroatoms. The van der Waals surface area contributed by atoms with Gasteiger partial charge in [-0.2, -0.15) is 0 Å². The highest BCUT2D eigenvalue weighted by Crippen LogP contribution is 2.33. The van der Waals surface area contributed by atoms with Crippen LogP contribution in [-0.4, -0.2) is 39.5 Å². The zero-order chi connectivity index (χ0) is 20.7. The summed E-state index contributed by atoms with van der Waals surface area (Å²) in [7, 11) is 0. The highest BCUT2D eigenvalue weighted by atomic mass is 35.5. The van der Waals surface area contributed by atoms with Crippen LogP contribution in [0, 0.1) is 0 Å². The van der Waals surface area contributed by atoms with E-state index in [4.69, 9.17) is 11.6 Å². The summed E-state index contributed by atoms with van der Waals surface area (Å²) in [5.74, 6) is -0.332. The molecule has 0 fully saturated rings. The number of amides is 1. The molecule has 1 aliphatic rings. The highest BCUT2D eigenvalue weighted by Gasteiger charge is 2.26. The van der Waals surface area contributed by atoms with Gasteiger partial charge in [-0.1, -0.05) is 45.4 Å². The lowest BCUT2D eigenvalue weighted by atomic mass is 9.98. The van der Waals surface area contributed by atoms with Crippen LogP contribution in [0.1, 0.15) is 69.8 Å². The van der Waals surface area contributed by atoms with Gasteiger partial charge in [-0.05, 0) is 43.4 Å². The third-order valence-corrected chi connectivity index (χ3v) is 4.61. The maximum Gasteiger partial charge on any atom is 0.258 e. The number of alkyl halides is 1. The smallest absolute Gasteiger partial charge is 0.258 e. The standard InChI is InChI=1S/C20H26ClNO3.C2H6/c1-12(2)16-8-17(19(24)9-18(16)23)20(25)22-10-13(3)15(11-22)7-5-6-14(4)21;1-2/h5-6,8-9,12,14,23-24H,7,10-11H2,1-4H3;1-2H3/b6-5-;. The number of phenolic OH excluding ortho intramolecular Hbond substituents is 2. The molecule has 0 saturated heterocycles. The highest BCUT2D eigenvalue weighted by molar-refractivity contribution is 6.21. The van der Waals surface area contributed by atoms with Crippen LogP contribution in [0.5, 0.6) is 11.5 Å². The number of halogens is 1. The van der Waals surface area contributed by atoms with Crippen molar-refractivity contribution in [3.63, 3.8) is 0 Å². The first-order valence-electron chi connectivity index (χ1n) is 9.54. The lowest BCUT2D eigenvalue weighted by molar-refractivity contribution is 0.0792. The summed E-state index contributed by atoms with van der Waals surface area (Å²) in [4.78, 5) is 14.6. The van der Waals surface area contributed by atoms with Gasteiger partial charge < -0.3 is 15.1 Å². The van der Waals surface area contributed by atoms with Crippen LogP contribution < -0.4 is 0 Å². The molecule has 27 heavy (non-hydrogen) atoms. The lowest BCUT2D eigenvalue weighted by Gasteiger charge is -2.19. The van der Waals surface area contributed by atoms with Gasteiger partial charge in [0.1, 0.15) is 11.5 Å². The molecule has 4 nitrogen and oxygen atoms in total. The van der Waals surface area contributed by atoms with Crippen molar-refractivity contribution >= 4 is 17.5 Å². The number of phenols is 2. The molecule has 0 saturated carbocycles. The van der Waals surface area contributed by atoms with Crippen molar-refractivity contribution < 1.29 is 15.0 Å². The minimum absolute atomic E-state index is 0.0107. The Kier molecular flexibility index (Phi) is 8.91. The first-order valence-corrected chi connectivity index (χ1v) is 9.97. The van der Waals surface area contributed by atoms with Gasteiger partial charge in [0.2, 0.25) is 0 Å². The number of rotatable bonds is 5. The summed E-state index contributed by atoms with van der Waals surface area (Å²) in [5.41, 5.74) is 3.26. The Bertz CT molecular complexity index is 721. The maximum atomic E-state index is 12.8. The third kappa shape index (κ3) is 6.03. The molecular formula is C22H32ClNO3. The Morgan fingerprint density at radius 2 is 1.81 bits per heavy atom. The summed E-state index contributed by atoms with van der Waals surface area (Å²) < 4.78 is 0. The van der Waals surface area contributed by atoms with Gasteiger partial charge in [0.25, 0.3) is 5.91 Å². The molecule has 0 aromatic heterocycles. The predicted octanol–water partition coefficient (Wildman–Crippen LogP) is 5.59. The van der Waals surface area contributed by atoms with E-state index in [2.05, 4.69) is 0 Å². The zero-order valence-electron chi connectivity index (χ0n) is 17.2. The molecule has 0 radical (unpaired) electrons. The molecule has 0 aliphatic carbocycles. The minimum Gasteiger partial charge on any atom is -0.508 e. The maximum absolute atomic E-state index is 12.8. The molecule has 150 valence electrons. The van der Waals surface area contributed by atoms with Crippen LogP contribution in [0.3, 0.4) is 0 Å². The van der Waals surface area contributed by atoms with Gasteiger partial charge in [-0.25, -0.2) is 0 Å². The molecule has 2 rings (SSSR count).